The van der Waals surface area contributed by atoms with Crippen molar-refractivity contribution in [3.05, 3.63) is 29.6 Å². The van der Waals surface area contributed by atoms with Crippen LogP contribution in [0.4, 0.5) is 4.39 Å². The highest BCUT2D eigenvalue weighted by atomic mass is 19.1. The summed E-state index contributed by atoms with van der Waals surface area (Å²) in [6.45, 7) is 7.18. The lowest BCUT2D eigenvalue weighted by Crippen LogP contribution is -2.51. The van der Waals surface area contributed by atoms with Crippen molar-refractivity contribution in [2.45, 2.75) is 26.3 Å². The van der Waals surface area contributed by atoms with Crippen LogP contribution in [0.25, 0.3) is 0 Å². The van der Waals surface area contributed by atoms with Crippen LogP contribution in [-0.2, 0) is 0 Å². The first kappa shape index (κ1) is 14.8. The van der Waals surface area contributed by atoms with Crippen LogP contribution < -0.4 is 0 Å². The van der Waals surface area contributed by atoms with Crippen molar-refractivity contribution in [1.29, 1.82) is 0 Å². The Morgan fingerprint density at radius 2 is 2.00 bits per heavy atom. The number of phenolic OH excluding ortho intramolecular Hbond substituents is 1. The highest BCUT2D eigenvalue weighted by molar-refractivity contribution is 5.96. The van der Waals surface area contributed by atoms with Crippen LogP contribution in [-0.4, -0.2) is 53.0 Å². The molecule has 0 spiro atoms. The predicted molar refractivity (Wildman–Crippen MR) is 75.3 cm³/mol. The van der Waals surface area contributed by atoms with Crippen LogP contribution in [0.1, 0.15) is 30.6 Å². The lowest BCUT2D eigenvalue weighted by molar-refractivity contribution is 0.0576. The molecule has 110 valence electrons. The Labute approximate surface area is 118 Å². The Morgan fingerprint density at radius 1 is 1.35 bits per heavy atom. The summed E-state index contributed by atoms with van der Waals surface area (Å²) >= 11 is 0. The Kier molecular flexibility index (Phi) is 4.60. The Morgan fingerprint density at radius 3 is 2.60 bits per heavy atom. The zero-order valence-corrected chi connectivity index (χ0v) is 12.0. The van der Waals surface area contributed by atoms with E-state index in [4.69, 9.17) is 0 Å². The molecule has 2 rings (SSSR count). The predicted octanol–water partition coefficient (Wildman–Crippen LogP) is 2.09. The Balaban J connectivity index is 2.03. The molecule has 1 amide bonds. The smallest absolute Gasteiger partial charge is 0.257 e. The summed E-state index contributed by atoms with van der Waals surface area (Å²) in [6, 6.07) is 3.97. The highest BCUT2D eigenvalue weighted by Crippen LogP contribution is 2.21. The Hall–Kier alpha value is -1.62. The van der Waals surface area contributed by atoms with Crippen molar-refractivity contribution < 1.29 is 14.3 Å². The van der Waals surface area contributed by atoms with Gasteiger partial charge in [-0.1, -0.05) is 6.92 Å². The van der Waals surface area contributed by atoms with E-state index in [0.717, 1.165) is 31.6 Å². The van der Waals surface area contributed by atoms with Gasteiger partial charge in [-0.2, -0.15) is 0 Å². The number of benzene rings is 1. The molecule has 4 nitrogen and oxygen atoms in total. The summed E-state index contributed by atoms with van der Waals surface area (Å²) in [4.78, 5) is 16.3. The first-order chi connectivity index (χ1) is 9.52. The second-order valence-electron chi connectivity index (χ2n) is 5.25. The van der Waals surface area contributed by atoms with Crippen LogP contribution in [0.3, 0.4) is 0 Å². The molecular formula is C15H21FN2O2. The molecular weight excluding hydrogens is 259 g/mol. The van der Waals surface area contributed by atoms with Gasteiger partial charge in [0.15, 0.2) is 0 Å². The lowest BCUT2D eigenvalue weighted by Gasteiger charge is -2.37. The zero-order chi connectivity index (χ0) is 14.7. The number of amides is 1. The van der Waals surface area contributed by atoms with Crippen molar-refractivity contribution in [1.82, 2.24) is 9.80 Å². The number of carbonyl (C=O) groups is 1. The number of halogens is 1. The standard InChI is InChI=1S/C15H21FN2O2/c1-3-11(2)17-6-8-18(9-7-17)15(20)13-10-12(16)4-5-14(13)19/h4-5,10-11,19H,3,6-9H2,1-2H3. The van der Waals surface area contributed by atoms with E-state index < -0.39 is 5.82 Å². The number of hydrogen-bond donors (Lipinski definition) is 1. The molecule has 0 bridgehead atoms. The third-order valence-electron chi connectivity index (χ3n) is 4.00. The van der Waals surface area contributed by atoms with Gasteiger partial charge in [0, 0.05) is 32.2 Å². The summed E-state index contributed by atoms with van der Waals surface area (Å²) in [6.07, 6.45) is 1.08. The quantitative estimate of drug-likeness (QED) is 0.922. The highest BCUT2D eigenvalue weighted by Gasteiger charge is 2.25. The van der Waals surface area contributed by atoms with Crippen molar-refractivity contribution >= 4 is 5.91 Å². The van der Waals surface area contributed by atoms with Crippen molar-refractivity contribution in [3.63, 3.8) is 0 Å². The van der Waals surface area contributed by atoms with Gasteiger partial charge in [0.05, 0.1) is 5.56 Å². The van der Waals surface area contributed by atoms with Crippen LogP contribution in [0.5, 0.6) is 5.75 Å². The van der Waals surface area contributed by atoms with Gasteiger partial charge < -0.3 is 10.0 Å². The minimum absolute atomic E-state index is 0.0435. The molecule has 1 atom stereocenters. The first-order valence-corrected chi connectivity index (χ1v) is 7.04. The summed E-state index contributed by atoms with van der Waals surface area (Å²) in [5.41, 5.74) is 0.0435. The second-order valence-corrected chi connectivity index (χ2v) is 5.25. The maximum Gasteiger partial charge on any atom is 0.257 e. The molecule has 0 aromatic heterocycles. The fourth-order valence-corrected chi connectivity index (χ4v) is 2.47. The SMILES string of the molecule is CCC(C)N1CCN(C(=O)c2cc(F)ccc2O)CC1. The molecule has 5 heteroatoms. The van der Waals surface area contributed by atoms with Gasteiger partial charge in [0.25, 0.3) is 5.91 Å². The van der Waals surface area contributed by atoms with E-state index in [1.54, 1.807) is 4.90 Å². The average Bonchev–Trinajstić information content (AvgIpc) is 2.48. The molecule has 1 N–H and O–H groups in total. The van der Waals surface area contributed by atoms with E-state index in [9.17, 15) is 14.3 Å². The summed E-state index contributed by atoms with van der Waals surface area (Å²) < 4.78 is 13.2. The van der Waals surface area contributed by atoms with Crippen molar-refractivity contribution in [3.8, 4) is 5.75 Å². The topological polar surface area (TPSA) is 43.8 Å². The average molecular weight is 280 g/mol. The van der Waals surface area contributed by atoms with Gasteiger partial charge in [-0.05, 0) is 31.5 Å². The van der Waals surface area contributed by atoms with Crippen molar-refractivity contribution in [2.24, 2.45) is 0 Å². The monoisotopic (exact) mass is 280 g/mol. The maximum absolute atomic E-state index is 13.2. The fourth-order valence-electron chi connectivity index (χ4n) is 2.47. The van der Waals surface area contributed by atoms with Crippen molar-refractivity contribution in [2.75, 3.05) is 26.2 Å². The number of carbonyl (C=O) groups excluding carboxylic acids is 1. The maximum atomic E-state index is 13.2. The van der Waals surface area contributed by atoms with Crippen LogP contribution >= 0.6 is 0 Å². The number of phenols is 1. The molecule has 1 unspecified atom stereocenters. The molecule has 0 radical (unpaired) electrons. The zero-order valence-electron chi connectivity index (χ0n) is 12.0. The normalized spacial score (nSPS) is 18.1. The lowest BCUT2D eigenvalue weighted by atomic mass is 10.1. The van der Waals surface area contributed by atoms with E-state index in [1.165, 1.54) is 6.07 Å². The molecule has 1 saturated heterocycles. The van der Waals surface area contributed by atoms with Gasteiger partial charge in [-0.3, -0.25) is 9.69 Å². The molecule has 0 saturated carbocycles. The summed E-state index contributed by atoms with van der Waals surface area (Å²) in [7, 11) is 0. The first-order valence-electron chi connectivity index (χ1n) is 7.04. The van der Waals surface area contributed by atoms with E-state index in [1.807, 2.05) is 0 Å². The molecule has 0 aliphatic carbocycles. The number of piperazine rings is 1. The number of hydrogen-bond acceptors (Lipinski definition) is 3. The largest absolute Gasteiger partial charge is 0.507 e. The van der Waals surface area contributed by atoms with Crippen LogP contribution in [0, 0.1) is 5.82 Å². The molecule has 1 aromatic rings. The van der Waals surface area contributed by atoms with E-state index in [0.29, 0.717) is 19.1 Å². The van der Waals surface area contributed by atoms with Gasteiger partial charge in [0.1, 0.15) is 11.6 Å². The molecule has 1 aliphatic heterocycles. The van der Waals surface area contributed by atoms with Gasteiger partial charge >= 0.3 is 0 Å². The summed E-state index contributed by atoms with van der Waals surface area (Å²) in [5, 5.41) is 9.69. The molecule has 1 heterocycles. The van der Waals surface area contributed by atoms with E-state index in [-0.39, 0.29) is 17.2 Å². The molecule has 1 aromatic carbocycles. The minimum atomic E-state index is -0.510. The fraction of sp³-hybridized carbons (Fsp3) is 0.533. The molecule has 20 heavy (non-hydrogen) atoms. The molecule has 1 aliphatic rings. The minimum Gasteiger partial charge on any atom is -0.507 e. The van der Waals surface area contributed by atoms with Gasteiger partial charge in [0.2, 0.25) is 0 Å². The van der Waals surface area contributed by atoms with Crippen LogP contribution in [0.15, 0.2) is 18.2 Å². The third kappa shape index (κ3) is 3.10. The Bertz CT molecular complexity index is 485. The van der Waals surface area contributed by atoms with Gasteiger partial charge in [-0.25, -0.2) is 4.39 Å². The second kappa shape index (κ2) is 6.22. The third-order valence-corrected chi connectivity index (χ3v) is 4.00. The van der Waals surface area contributed by atoms with E-state index in [2.05, 4.69) is 18.7 Å². The van der Waals surface area contributed by atoms with Crippen LogP contribution in [0.2, 0.25) is 0 Å². The number of rotatable bonds is 3. The number of aromatic hydroxyl groups is 1. The van der Waals surface area contributed by atoms with Gasteiger partial charge in [-0.15, -0.1) is 0 Å². The summed E-state index contributed by atoms with van der Waals surface area (Å²) in [5.74, 6) is -0.976. The van der Waals surface area contributed by atoms with E-state index >= 15 is 0 Å². The molecule has 1 fully saturated rings. The number of nitrogens with zero attached hydrogens (tertiary/aromatic N) is 2.